The van der Waals surface area contributed by atoms with Gasteiger partial charge in [0.25, 0.3) is 0 Å². The molecule has 3 rings (SSSR count). The van der Waals surface area contributed by atoms with Gasteiger partial charge in [-0.15, -0.1) is 0 Å². The van der Waals surface area contributed by atoms with Gasteiger partial charge in [0.15, 0.2) is 5.11 Å². The summed E-state index contributed by atoms with van der Waals surface area (Å²) >= 11 is 5.55. The third-order valence-electron chi connectivity index (χ3n) is 4.41. The van der Waals surface area contributed by atoms with E-state index in [1.54, 1.807) is 6.08 Å². The van der Waals surface area contributed by atoms with Crippen LogP contribution >= 0.6 is 12.2 Å². The van der Waals surface area contributed by atoms with E-state index < -0.39 is 0 Å². The second-order valence-corrected chi connectivity index (χ2v) is 7.79. The Balaban J connectivity index is 1.68. The summed E-state index contributed by atoms with van der Waals surface area (Å²) < 4.78 is 11.6. The minimum absolute atomic E-state index is 0.0962. The van der Waals surface area contributed by atoms with Crippen molar-refractivity contribution in [2.75, 3.05) is 11.9 Å². The molecule has 0 amide bonds. The molecule has 4 nitrogen and oxygen atoms in total. The number of rotatable bonds is 5. The highest BCUT2D eigenvalue weighted by molar-refractivity contribution is 7.80. The number of hydrogen-bond donors (Lipinski definition) is 2. The van der Waals surface area contributed by atoms with Crippen LogP contribution in [0.3, 0.4) is 0 Å². The third kappa shape index (κ3) is 5.01. The molecule has 27 heavy (non-hydrogen) atoms. The van der Waals surface area contributed by atoms with Gasteiger partial charge in [0.1, 0.15) is 23.7 Å². The van der Waals surface area contributed by atoms with Crippen molar-refractivity contribution in [3.05, 3.63) is 66.2 Å². The van der Waals surface area contributed by atoms with Crippen molar-refractivity contribution in [1.29, 1.82) is 0 Å². The van der Waals surface area contributed by atoms with Crippen LogP contribution < -0.4 is 20.1 Å². The SMILES string of the molecule is C=CCOc1ccc(NC(=S)NC2CC(C)(C)Oc3ccc(C)cc32)cc1. The second-order valence-electron chi connectivity index (χ2n) is 7.38. The normalized spacial score (nSPS) is 17.2. The Morgan fingerprint density at radius 1 is 1.30 bits per heavy atom. The molecular weight excluding hydrogens is 356 g/mol. The third-order valence-corrected chi connectivity index (χ3v) is 4.63. The van der Waals surface area contributed by atoms with E-state index in [-0.39, 0.29) is 11.6 Å². The van der Waals surface area contributed by atoms with Crippen LogP contribution in [0.4, 0.5) is 5.69 Å². The summed E-state index contributed by atoms with van der Waals surface area (Å²) in [5.74, 6) is 1.72. The van der Waals surface area contributed by atoms with Gasteiger partial charge in [-0.3, -0.25) is 0 Å². The molecule has 0 aliphatic carbocycles. The maximum atomic E-state index is 6.13. The second kappa shape index (κ2) is 8.01. The van der Waals surface area contributed by atoms with Gasteiger partial charge in [-0.1, -0.05) is 30.4 Å². The van der Waals surface area contributed by atoms with Gasteiger partial charge in [-0.05, 0) is 63.3 Å². The van der Waals surface area contributed by atoms with Crippen molar-refractivity contribution in [3.8, 4) is 11.5 Å². The van der Waals surface area contributed by atoms with E-state index in [0.29, 0.717) is 11.7 Å². The monoisotopic (exact) mass is 382 g/mol. The first-order valence-electron chi connectivity index (χ1n) is 9.07. The molecule has 0 radical (unpaired) electrons. The van der Waals surface area contributed by atoms with E-state index in [4.69, 9.17) is 21.7 Å². The first kappa shape index (κ1) is 19.2. The Bertz CT molecular complexity index is 831. The molecule has 2 aromatic carbocycles. The highest BCUT2D eigenvalue weighted by Gasteiger charge is 2.34. The first-order valence-corrected chi connectivity index (χ1v) is 9.48. The highest BCUT2D eigenvalue weighted by atomic mass is 32.1. The molecule has 1 atom stereocenters. The minimum Gasteiger partial charge on any atom is -0.490 e. The fraction of sp³-hybridized carbons (Fsp3) is 0.318. The van der Waals surface area contributed by atoms with Gasteiger partial charge in [-0.25, -0.2) is 0 Å². The fourth-order valence-electron chi connectivity index (χ4n) is 3.22. The summed E-state index contributed by atoms with van der Waals surface area (Å²) in [7, 11) is 0. The lowest BCUT2D eigenvalue weighted by Gasteiger charge is -2.38. The molecule has 0 fully saturated rings. The van der Waals surface area contributed by atoms with Crippen molar-refractivity contribution >= 4 is 23.0 Å². The lowest BCUT2D eigenvalue weighted by molar-refractivity contribution is 0.0696. The molecule has 5 heteroatoms. The zero-order valence-electron chi connectivity index (χ0n) is 16.0. The number of ether oxygens (including phenoxy) is 2. The fourth-order valence-corrected chi connectivity index (χ4v) is 3.48. The maximum absolute atomic E-state index is 6.13. The summed E-state index contributed by atoms with van der Waals surface area (Å²) in [6, 6.07) is 14.1. The maximum Gasteiger partial charge on any atom is 0.171 e. The number of anilines is 1. The smallest absolute Gasteiger partial charge is 0.171 e. The molecule has 1 unspecified atom stereocenters. The Morgan fingerprint density at radius 2 is 2.04 bits per heavy atom. The van der Waals surface area contributed by atoms with Crippen molar-refractivity contribution in [3.63, 3.8) is 0 Å². The minimum atomic E-state index is -0.250. The van der Waals surface area contributed by atoms with Gasteiger partial charge in [0, 0.05) is 17.7 Å². The zero-order valence-corrected chi connectivity index (χ0v) is 16.9. The van der Waals surface area contributed by atoms with Crippen LogP contribution in [0.15, 0.2) is 55.1 Å². The van der Waals surface area contributed by atoms with Crippen molar-refractivity contribution < 1.29 is 9.47 Å². The number of nitrogens with one attached hydrogen (secondary N) is 2. The molecule has 0 aromatic heterocycles. The van der Waals surface area contributed by atoms with Crippen LogP contribution in [0, 0.1) is 6.92 Å². The Kier molecular flexibility index (Phi) is 5.71. The average Bonchev–Trinajstić information content (AvgIpc) is 2.61. The van der Waals surface area contributed by atoms with Crippen LogP contribution in [0.1, 0.15) is 37.4 Å². The highest BCUT2D eigenvalue weighted by Crippen LogP contribution is 2.39. The number of fused-ring (bicyclic) bond motifs is 1. The average molecular weight is 383 g/mol. The zero-order chi connectivity index (χ0) is 19.4. The van der Waals surface area contributed by atoms with E-state index >= 15 is 0 Å². The predicted octanol–water partition coefficient (Wildman–Crippen LogP) is 5.15. The summed E-state index contributed by atoms with van der Waals surface area (Å²) in [4.78, 5) is 0. The first-order chi connectivity index (χ1) is 12.9. The molecule has 0 bridgehead atoms. The topological polar surface area (TPSA) is 42.5 Å². The molecule has 2 N–H and O–H groups in total. The molecule has 0 spiro atoms. The summed E-state index contributed by atoms with van der Waals surface area (Å²) in [6.45, 7) is 10.4. The standard InChI is InChI=1S/C22H26N2O2S/c1-5-12-25-17-9-7-16(8-10-17)23-21(27)24-19-14-22(3,4)26-20-11-6-15(2)13-18(19)20/h5-11,13,19H,1,12,14H2,2-4H3,(H2,23,24,27). The summed E-state index contributed by atoms with van der Waals surface area (Å²) in [6.07, 6.45) is 2.56. The van der Waals surface area contributed by atoms with Crippen molar-refractivity contribution in [2.24, 2.45) is 0 Å². The number of aryl methyl sites for hydroxylation is 1. The molecular formula is C22H26N2O2S. The van der Waals surface area contributed by atoms with Gasteiger partial charge in [0.05, 0.1) is 6.04 Å². The van der Waals surface area contributed by atoms with Crippen molar-refractivity contribution in [2.45, 2.75) is 38.8 Å². The van der Waals surface area contributed by atoms with Crippen molar-refractivity contribution in [1.82, 2.24) is 5.32 Å². The van der Waals surface area contributed by atoms with Gasteiger partial charge in [0.2, 0.25) is 0 Å². The number of benzene rings is 2. The van der Waals surface area contributed by atoms with Crippen LogP contribution in [-0.4, -0.2) is 17.3 Å². The van der Waals surface area contributed by atoms with Gasteiger partial charge in [-0.2, -0.15) is 0 Å². The Hall–Kier alpha value is -2.53. The van der Waals surface area contributed by atoms with Crippen LogP contribution in [0.25, 0.3) is 0 Å². The molecule has 1 heterocycles. The number of hydrogen-bond acceptors (Lipinski definition) is 3. The largest absolute Gasteiger partial charge is 0.490 e. The van der Waals surface area contributed by atoms with Gasteiger partial charge >= 0.3 is 0 Å². The van der Waals surface area contributed by atoms with Gasteiger partial charge < -0.3 is 20.1 Å². The lowest BCUT2D eigenvalue weighted by Crippen LogP contribution is -2.42. The molecule has 142 valence electrons. The molecule has 0 saturated carbocycles. The van der Waals surface area contributed by atoms with E-state index in [2.05, 4.69) is 50.1 Å². The summed E-state index contributed by atoms with van der Waals surface area (Å²) in [5, 5.41) is 7.29. The van der Waals surface area contributed by atoms with E-state index in [1.807, 2.05) is 30.3 Å². The molecule has 1 aliphatic heterocycles. The molecule has 1 aliphatic rings. The van der Waals surface area contributed by atoms with E-state index in [0.717, 1.165) is 29.2 Å². The Labute approximate surface area is 166 Å². The predicted molar refractivity (Wildman–Crippen MR) is 115 cm³/mol. The summed E-state index contributed by atoms with van der Waals surface area (Å²) in [5.41, 5.74) is 3.01. The molecule has 2 aromatic rings. The molecule has 0 saturated heterocycles. The van der Waals surface area contributed by atoms with Crippen LogP contribution in [0.2, 0.25) is 0 Å². The van der Waals surface area contributed by atoms with E-state index in [1.165, 1.54) is 5.56 Å². The Morgan fingerprint density at radius 3 is 2.74 bits per heavy atom. The van der Waals surface area contributed by atoms with Crippen LogP contribution in [0.5, 0.6) is 11.5 Å². The number of thiocarbonyl (C=S) groups is 1. The lowest BCUT2D eigenvalue weighted by atomic mass is 9.89. The van der Waals surface area contributed by atoms with Crippen LogP contribution in [-0.2, 0) is 0 Å². The van der Waals surface area contributed by atoms with E-state index in [9.17, 15) is 0 Å². The quantitative estimate of drug-likeness (QED) is 0.553.